The maximum absolute atomic E-state index is 12.7. The highest BCUT2D eigenvalue weighted by Crippen LogP contribution is 2.17. The van der Waals surface area contributed by atoms with Crippen LogP contribution in [0.4, 0.5) is 0 Å². The van der Waals surface area contributed by atoms with Gasteiger partial charge < -0.3 is 10.0 Å². The Hall–Kier alpha value is -1.85. The van der Waals surface area contributed by atoms with E-state index in [0.717, 1.165) is 23.5 Å². The highest BCUT2D eigenvalue weighted by molar-refractivity contribution is 5.80. The fraction of sp³-hybridized carbons (Fsp3) is 0.722. The number of hydrogen-bond acceptors (Lipinski definition) is 3. The summed E-state index contributed by atoms with van der Waals surface area (Å²) in [5.41, 5.74) is 2.87. The van der Waals surface area contributed by atoms with E-state index in [-0.39, 0.29) is 25.3 Å². The lowest BCUT2D eigenvalue weighted by Crippen LogP contribution is -2.37. The van der Waals surface area contributed by atoms with Gasteiger partial charge in [-0.2, -0.15) is 5.10 Å². The number of rotatable bonds is 9. The Morgan fingerprint density at radius 1 is 1.17 bits per heavy atom. The van der Waals surface area contributed by atoms with Crippen molar-refractivity contribution in [3.05, 3.63) is 17.0 Å². The summed E-state index contributed by atoms with van der Waals surface area (Å²) < 4.78 is 1.96. The van der Waals surface area contributed by atoms with Crippen molar-refractivity contribution in [2.45, 2.75) is 60.9 Å². The van der Waals surface area contributed by atoms with Crippen LogP contribution >= 0.6 is 0 Å². The molecule has 6 nitrogen and oxygen atoms in total. The van der Waals surface area contributed by atoms with Crippen molar-refractivity contribution in [1.82, 2.24) is 14.7 Å². The van der Waals surface area contributed by atoms with E-state index in [9.17, 15) is 9.59 Å². The topological polar surface area (TPSA) is 75.4 Å². The van der Waals surface area contributed by atoms with Crippen LogP contribution in [0.3, 0.4) is 0 Å². The molecule has 1 amide bonds. The number of aromatic nitrogens is 2. The van der Waals surface area contributed by atoms with Gasteiger partial charge in [-0.15, -0.1) is 0 Å². The van der Waals surface area contributed by atoms with Gasteiger partial charge in [0.2, 0.25) is 5.91 Å². The van der Waals surface area contributed by atoms with Crippen molar-refractivity contribution >= 4 is 11.9 Å². The molecule has 24 heavy (non-hydrogen) atoms. The van der Waals surface area contributed by atoms with E-state index in [1.165, 1.54) is 0 Å². The Bertz CT molecular complexity index is 576. The number of carbonyl (C=O) groups is 2. The third kappa shape index (κ3) is 5.98. The van der Waals surface area contributed by atoms with Gasteiger partial charge in [-0.1, -0.05) is 27.7 Å². The number of amides is 1. The van der Waals surface area contributed by atoms with Crippen molar-refractivity contribution in [2.24, 2.45) is 11.8 Å². The van der Waals surface area contributed by atoms with Gasteiger partial charge in [0, 0.05) is 30.9 Å². The molecule has 0 fully saturated rings. The zero-order valence-electron chi connectivity index (χ0n) is 15.8. The zero-order chi connectivity index (χ0) is 18.4. The molecule has 0 radical (unpaired) electrons. The summed E-state index contributed by atoms with van der Waals surface area (Å²) in [6.07, 6.45) is 0.255. The summed E-state index contributed by atoms with van der Waals surface area (Å²) >= 11 is 0. The predicted molar refractivity (Wildman–Crippen MR) is 93.9 cm³/mol. The molecule has 0 saturated carbocycles. The van der Waals surface area contributed by atoms with E-state index < -0.39 is 5.97 Å². The Balaban J connectivity index is 2.89. The number of hydrogen-bond donors (Lipinski definition) is 1. The summed E-state index contributed by atoms with van der Waals surface area (Å²) in [5, 5.41) is 13.4. The quantitative estimate of drug-likeness (QED) is 0.751. The molecule has 0 aromatic carbocycles. The number of nitrogens with zero attached hydrogens (tertiary/aromatic N) is 3. The number of aryl methyl sites for hydroxylation is 1. The molecule has 0 atom stereocenters. The maximum atomic E-state index is 12.7. The number of carboxylic acids is 1. The van der Waals surface area contributed by atoms with Crippen LogP contribution in [0.5, 0.6) is 0 Å². The van der Waals surface area contributed by atoms with Crippen molar-refractivity contribution in [3.63, 3.8) is 0 Å². The van der Waals surface area contributed by atoms with Gasteiger partial charge in [0.25, 0.3) is 0 Å². The van der Waals surface area contributed by atoms with Gasteiger partial charge >= 0.3 is 5.97 Å². The Kier molecular flexibility index (Phi) is 7.45. The monoisotopic (exact) mass is 337 g/mol. The summed E-state index contributed by atoms with van der Waals surface area (Å²) in [5.74, 6) is -0.123. The highest BCUT2D eigenvalue weighted by atomic mass is 16.4. The van der Waals surface area contributed by atoms with E-state index in [2.05, 4.69) is 18.9 Å². The van der Waals surface area contributed by atoms with Crippen molar-refractivity contribution < 1.29 is 14.7 Å². The van der Waals surface area contributed by atoms with Crippen LogP contribution in [0.25, 0.3) is 0 Å². The SMILES string of the molecule is Cc1nn(CC(C)C)c(C)c1CC(=O)N(CCC(=O)O)CC(C)C. The van der Waals surface area contributed by atoms with Gasteiger partial charge in [-0.25, -0.2) is 0 Å². The number of carboxylic acid groups (broad SMARTS) is 1. The van der Waals surface area contributed by atoms with Gasteiger partial charge in [0.1, 0.15) is 0 Å². The van der Waals surface area contributed by atoms with Crippen LogP contribution in [-0.2, 0) is 22.6 Å². The Labute approximate surface area is 144 Å². The summed E-state index contributed by atoms with van der Waals surface area (Å²) in [7, 11) is 0. The minimum absolute atomic E-state index is 0.0248. The van der Waals surface area contributed by atoms with Gasteiger partial charge in [0.05, 0.1) is 18.5 Å². The summed E-state index contributed by atoms with van der Waals surface area (Å²) in [4.78, 5) is 25.2. The molecule has 1 aromatic rings. The lowest BCUT2D eigenvalue weighted by molar-refractivity contribution is -0.138. The van der Waals surface area contributed by atoms with Crippen molar-refractivity contribution in [3.8, 4) is 0 Å². The molecule has 1 rings (SSSR count). The molecule has 0 aliphatic carbocycles. The molecule has 0 aliphatic heterocycles. The van der Waals surface area contributed by atoms with E-state index >= 15 is 0 Å². The second-order valence-electron chi connectivity index (χ2n) is 7.28. The van der Waals surface area contributed by atoms with Crippen molar-refractivity contribution in [2.75, 3.05) is 13.1 Å². The van der Waals surface area contributed by atoms with E-state index in [1.54, 1.807) is 4.90 Å². The minimum Gasteiger partial charge on any atom is -0.481 e. The Morgan fingerprint density at radius 3 is 2.29 bits per heavy atom. The normalized spacial score (nSPS) is 11.3. The smallest absolute Gasteiger partial charge is 0.305 e. The number of aliphatic carboxylic acids is 1. The third-order valence-electron chi connectivity index (χ3n) is 3.93. The minimum atomic E-state index is -0.881. The fourth-order valence-corrected chi connectivity index (χ4v) is 2.77. The molecule has 6 heteroatoms. The predicted octanol–water partition coefficient (Wildman–Crippen LogP) is 2.66. The zero-order valence-corrected chi connectivity index (χ0v) is 15.8. The van der Waals surface area contributed by atoms with E-state index in [4.69, 9.17) is 5.11 Å². The van der Waals surface area contributed by atoms with Crippen LogP contribution in [-0.4, -0.2) is 44.8 Å². The van der Waals surface area contributed by atoms with Crippen molar-refractivity contribution in [1.29, 1.82) is 0 Å². The van der Waals surface area contributed by atoms with Gasteiger partial charge in [0.15, 0.2) is 0 Å². The molecule has 136 valence electrons. The van der Waals surface area contributed by atoms with Crippen LogP contribution in [0.1, 0.15) is 51.1 Å². The van der Waals surface area contributed by atoms with E-state index in [1.807, 2.05) is 32.4 Å². The molecule has 0 unspecified atom stereocenters. The third-order valence-corrected chi connectivity index (χ3v) is 3.93. The second kappa shape index (κ2) is 8.85. The largest absolute Gasteiger partial charge is 0.481 e. The first-order valence-electron chi connectivity index (χ1n) is 8.64. The van der Waals surface area contributed by atoms with Gasteiger partial charge in [-0.3, -0.25) is 14.3 Å². The highest BCUT2D eigenvalue weighted by Gasteiger charge is 2.21. The average Bonchev–Trinajstić information content (AvgIpc) is 2.69. The standard InChI is InChI=1S/C18H31N3O3/c1-12(2)10-20(8-7-18(23)24)17(22)9-16-14(5)19-21(15(16)6)11-13(3)4/h12-13H,7-11H2,1-6H3,(H,23,24). The second-order valence-corrected chi connectivity index (χ2v) is 7.28. The maximum Gasteiger partial charge on any atom is 0.305 e. The lowest BCUT2D eigenvalue weighted by atomic mass is 10.1. The fourth-order valence-electron chi connectivity index (χ4n) is 2.77. The first kappa shape index (κ1) is 20.2. The molecular weight excluding hydrogens is 306 g/mol. The van der Waals surface area contributed by atoms with Crippen LogP contribution in [0.2, 0.25) is 0 Å². The molecule has 0 saturated heterocycles. The van der Waals surface area contributed by atoms with E-state index in [0.29, 0.717) is 18.4 Å². The summed E-state index contributed by atoms with van der Waals surface area (Å²) in [6.45, 7) is 13.9. The van der Waals surface area contributed by atoms with Crippen LogP contribution in [0, 0.1) is 25.7 Å². The first-order chi connectivity index (χ1) is 11.1. The lowest BCUT2D eigenvalue weighted by Gasteiger charge is -2.24. The average molecular weight is 337 g/mol. The molecule has 1 aromatic heterocycles. The van der Waals surface area contributed by atoms with Gasteiger partial charge in [-0.05, 0) is 25.7 Å². The molecular formula is C18H31N3O3. The summed E-state index contributed by atoms with van der Waals surface area (Å²) in [6, 6.07) is 0. The molecule has 0 aliphatic rings. The molecule has 1 heterocycles. The first-order valence-corrected chi connectivity index (χ1v) is 8.64. The molecule has 0 bridgehead atoms. The molecule has 1 N–H and O–H groups in total. The Morgan fingerprint density at radius 2 is 1.79 bits per heavy atom. The van der Waals surface area contributed by atoms with Crippen LogP contribution in [0.15, 0.2) is 0 Å². The number of carbonyl (C=O) groups excluding carboxylic acids is 1. The van der Waals surface area contributed by atoms with Crippen LogP contribution < -0.4 is 0 Å². The molecule has 0 spiro atoms.